The van der Waals surface area contributed by atoms with Crippen molar-refractivity contribution in [3.8, 4) is 5.69 Å². The number of nitrogens with zero attached hydrogens (tertiary/aromatic N) is 4. The lowest BCUT2D eigenvalue weighted by Gasteiger charge is -2.32. The smallest absolute Gasteiger partial charge is 0.318 e. The van der Waals surface area contributed by atoms with Gasteiger partial charge in [-0.15, -0.1) is 0 Å². The van der Waals surface area contributed by atoms with E-state index in [0.29, 0.717) is 29.5 Å². The summed E-state index contributed by atoms with van der Waals surface area (Å²) in [6.45, 7) is 1.82. The summed E-state index contributed by atoms with van der Waals surface area (Å²) < 4.78 is 57.0. The summed E-state index contributed by atoms with van der Waals surface area (Å²) in [7, 11) is 0. The molecule has 1 atom stereocenters. The lowest BCUT2D eigenvalue weighted by atomic mass is 9.79. The first-order chi connectivity index (χ1) is 20.5. The maximum absolute atomic E-state index is 15.1. The number of halogens is 4. The first-order valence-corrected chi connectivity index (χ1v) is 13.9. The highest BCUT2D eigenvalue weighted by molar-refractivity contribution is 6.03. The molecule has 1 unspecified atom stereocenters. The molecule has 3 N–H and O–H groups in total. The lowest BCUT2D eigenvalue weighted by molar-refractivity contribution is -0.141. The van der Waals surface area contributed by atoms with Gasteiger partial charge >= 0.3 is 6.18 Å². The fraction of sp³-hybridized carbons (Fsp3) is 0.323. The van der Waals surface area contributed by atoms with E-state index in [2.05, 4.69) is 20.6 Å². The third-order valence-electron chi connectivity index (χ3n) is 7.66. The van der Waals surface area contributed by atoms with E-state index in [9.17, 15) is 22.9 Å². The average Bonchev–Trinajstić information content (AvgIpc) is 3.69. The second-order valence-corrected chi connectivity index (χ2v) is 10.9. The van der Waals surface area contributed by atoms with Crippen molar-refractivity contribution < 1.29 is 22.4 Å². The van der Waals surface area contributed by atoms with Gasteiger partial charge in [0, 0.05) is 18.0 Å². The number of carbonyl (C=O) groups is 1. The Morgan fingerprint density at radius 3 is 2.56 bits per heavy atom. The number of aryl methyl sites for hydroxylation is 1. The van der Waals surface area contributed by atoms with E-state index in [1.165, 1.54) is 24.3 Å². The Bertz CT molecular complexity index is 1650. The maximum atomic E-state index is 15.1. The number of nitrogens with one attached hydrogen (secondary N) is 1. The first kappa shape index (κ1) is 30.0. The molecular formula is C31H30F4N6O2. The van der Waals surface area contributed by atoms with Gasteiger partial charge in [0.15, 0.2) is 5.69 Å². The largest absolute Gasteiger partial charge is 0.435 e. The second-order valence-electron chi connectivity index (χ2n) is 10.9. The zero-order valence-electron chi connectivity index (χ0n) is 23.4. The molecule has 8 nitrogen and oxygen atoms in total. The molecule has 1 aliphatic rings. The third-order valence-corrected chi connectivity index (χ3v) is 7.66. The number of aromatic nitrogens is 3. The molecule has 0 spiro atoms. The highest BCUT2D eigenvalue weighted by atomic mass is 19.4. The van der Waals surface area contributed by atoms with E-state index in [1.807, 2.05) is 13.0 Å². The number of nitroso groups, excluding NO2 is 1. The molecule has 0 saturated heterocycles. The van der Waals surface area contributed by atoms with Gasteiger partial charge in [-0.25, -0.2) is 9.07 Å². The molecule has 2 aromatic heterocycles. The summed E-state index contributed by atoms with van der Waals surface area (Å²) >= 11 is 0. The molecule has 5 rings (SSSR count). The van der Waals surface area contributed by atoms with Crippen LogP contribution in [-0.4, -0.2) is 27.2 Å². The zero-order chi connectivity index (χ0) is 30.8. The quantitative estimate of drug-likeness (QED) is 0.148. The van der Waals surface area contributed by atoms with Crippen LogP contribution in [0.5, 0.6) is 0 Å². The Morgan fingerprint density at radius 2 is 1.86 bits per heavy atom. The number of rotatable bonds is 11. The van der Waals surface area contributed by atoms with Crippen molar-refractivity contribution in [3.63, 3.8) is 0 Å². The monoisotopic (exact) mass is 594 g/mol. The van der Waals surface area contributed by atoms with E-state index in [4.69, 9.17) is 5.73 Å². The molecule has 4 aromatic rings. The predicted octanol–water partition coefficient (Wildman–Crippen LogP) is 6.69. The normalized spacial score (nSPS) is 14.7. The van der Waals surface area contributed by atoms with Gasteiger partial charge in [-0.3, -0.25) is 9.78 Å². The number of pyridine rings is 1. The number of nitrogens with two attached hydrogens (primary N) is 1. The number of amides is 1. The van der Waals surface area contributed by atoms with Crippen LogP contribution in [0.2, 0.25) is 0 Å². The van der Waals surface area contributed by atoms with Gasteiger partial charge in [-0.1, -0.05) is 36.2 Å². The molecule has 2 aromatic carbocycles. The molecule has 0 aliphatic heterocycles. The minimum atomic E-state index is -4.84. The Labute approximate surface area is 245 Å². The van der Waals surface area contributed by atoms with Crippen LogP contribution in [0, 0.1) is 23.6 Å². The SMILES string of the molecule is Cc1cc(C(N)(CCC2CC2)c2ccc(F)c(NC(=O)c3cc(C(F)(F)F)nn3-c3cccc(CCN=O)c3)c2)ccn1. The van der Waals surface area contributed by atoms with Gasteiger partial charge in [0.05, 0.1) is 23.5 Å². The van der Waals surface area contributed by atoms with Crippen molar-refractivity contribution in [1.82, 2.24) is 14.8 Å². The van der Waals surface area contributed by atoms with Gasteiger partial charge in [0.1, 0.15) is 11.5 Å². The van der Waals surface area contributed by atoms with Gasteiger partial charge in [-0.05, 0) is 85.2 Å². The van der Waals surface area contributed by atoms with Crippen LogP contribution in [0.15, 0.2) is 72.0 Å². The number of hydrogen-bond donors (Lipinski definition) is 2. The van der Waals surface area contributed by atoms with Crippen molar-refractivity contribution in [3.05, 3.63) is 111 Å². The van der Waals surface area contributed by atoms with E-state index < -0.39 is 34.8 Å². The van der Waals surface area contributed by atoms with Crippen LogP contribution in [-0.2, 0) is 18.1 Å². The zero-order valence-corrected chi connectivity index (χ0v) is 23.4. The summed E-state index contributed by atoms with van der Waals surface area (Å²) in [5.74, 6) is -1.21. The summed E-state index contributed by atoms with van der Waals surface area (Å²) in [4.78, 5) is 28.3. The molecular weight excluding hydrogens is 564 g/mol. The fourth-order valence-electron chi connectivity index (χ4n) is 5.10. The van der Waals surface area contributed by atoms with Gasteiger partial charge in [0.25, 0.3) is 5.91 Å². The second kappa shape index (κ2) is 12.0. The number of alkyl halides is 3. The Morgan fingerprint density at radius 1 is 1.09 bits per heavy atom. The molecule has 43 heavy (non-hydrogen) atoms. The summed E-state index contributed by atoms with van der Waals surface area (Å²) in [5, 5.41) is 8.88. The van der Waals surface area contributed by atoms with Crippen LogP contribution in [0.25, 0.3) is 5.69 Å². The van der Waals surface area contributed by atoms with Gasteiger partial charge in [0.2, 0.25) is 0 Å². The molecule has 12 heteroatoms. The molecule has 2 heterocycles. The Kier molecular flexibility index (Phi) is 8.41. The minimum Gasteiger partial charge on any atom is -0.318 e. The molecule has 0 bridgehead atoms. The lowest BCUT2D eigenvalue weighted by Crippen LogP contribution is -2.38. The maximum Gasteiger partial charge on any atom is 0.435 e. The van der Waals surface area contributed by atoms with Crippen molar-refractivity contribution in [2.45, 2.75) is 50.7 Å². The topological polar surface area (TPSA) is 115 Å². The summed E-state index contributed by atoms with van der Waals surface area (Å²) in [6, 6.07) is 14.7. The van der Waals surface area contributed by atoms with E-state index in [0.717, 1.165) is 35.2 Å². The van der Waals surface area contributed by atoms with Crippen molar-refractivity contribution in [1.29, 1.82) is 0 Å². The molecule has 1 aliphatic carbocycles. The van der Waals surface area contributed by atoms with Crippen LogP contribution in [0.3, 0.4) is 0 Å². The van der Waals surface area contributed by atoms with Crippen molar-refractivity contribution in [2.75, 3.05) is 11.9 Å². The van der Waals surface area contributed by atoms with Crippen LogP contribution >= 0.6 is 0 Å². The number of hydrogen-bond acceptors (Lipinski definition) is 6. The molecule has 1 fully saturated rings. The standard InChI is InChI=1S/C31H30F4N6O2/c1-19-15-23(11-13-37-19)30(36,12-9-20-5-6-20)22-7-8-25(32)26(17-22)39-29(42)27-18-28(31(33,34)35)40-41(27)24-4-2-3-21(16-24)10-14-38-43/h2-4,7-8,11,13,15-18,20H,5-6,9-10,12,14,36H2,1H3,(H,39,42). The number of carbonyl (C=O) groups excluding carboxylic acids is 1. The summed E-state index contributed by atoms with van der Waals surface area (Å²) in [6.07, 6.45) is 0.744. The van der Waals surface area contributed by atoms with Crippen LogP contribution < -0.4 is 11.1 Å². The first-order valence-electron chi connectivity index (χ1n) is 13.9. The van der Waals surface area contributed by atoms with E-state index in [1.54, 1.807) is 30.5 Å². The van der Waals surface area contributed by atoms with E-state index in [-0.39, 0.29) is 24.3 Å². The Balaban J connectivity index is 1.51. The van der Waals surface area contributed by atoms with Crippen LogP contribution in [0.1, 0.15) is 64.2 Å². The third kappa shape index (κ3) is 6.80. The minimum absolute atomic E-state index is 0.0261. The average molecular weight is 595 g/mol. The van der Waals surface area contributed by atoms with Crippen molar-refractivity contribution in [2.24, 2.45) is 16.8 Å². The van der Waals surface area contributed by atoms with E-state index >= 15 is 4.39 Å². The number of anilines is 1. The highest BCUT2D eigenvalue weighted by Crippen LogP contribution is 2.40. The highest BCUT2D eigenvalue weighted by Gasteiger charge is 2.37. The molecule has 1 saturated carbocycles. The fourth-order valence-corrected chi connectivity index (χ4v) is 5.10. The predicted molar refractivity (Wildman–Crippen MR) is 153 cm³/mol. The van der Waals surface area contributed by atoms with Crippen LogP contribution in [0.4, 0.5) is 23.2 Å². The molecule has 224 valence electrons. The molecule has 0 radical (unpaired) electrons. The van der Waals surface area contributed by atoms with Gasteiger partial charge in [-0.2, -0.15) is 23.2 Å². The summed E-state index contributed by atoms with van der Waals surface area (Å²) in [5.41, 5.74) is 6.86. The Hall–Kier alpha value is -4.45. The van der Waals surface area contributed by atoms with Gasteiger partial charge < -0.3 is 11.1 Å². The number of benzene rings is 2. The van der Waals surface area contributed by atoms with Crippen molar-refractivity contribution >= 4 is 11.6 Å². The molecule has 1 amide bonds.